The van der Waals surface area contributed by atoms with E-state index in [4.69, 9.17) is 10.5 Å². The molecule has 60 valence electrons. The summed E-state index contributed by atoms with van der Waals surface area (Å²) in [6, 6.07) is 3.93. The first-order chi connectivity index (χ1) is 5.74. The lowest BCUT2D eigenvalue weighted by atomic mass is 10.1. The van der Waals surface area contributed by atoms with Crippen LogP contribution in [0, 0.1) is 22.7 Å². The van der Waals surface area contributed by atoms with E-state index >= 15 is 0 Å². The van der Waals surface area contributed by atoms with E-state index in [1.165, 1.54) is 0 Å². The van der Waals surface area contributed by atoms with Gasteiger partial charge in [-0.1, -0.05) is 24.3 Å². The van der Waals surface area contributed by atoms with Crippen molar-refractivity contribution in [3.63, 3.8) is 0 Å². The molecule has 0 rings (SSSR count). The third-order valence-corrected chi connectivity index (χ3v) is 1.25. The monoisotopic (exact) mass is 158 g/mol. The van der Waals surface area contributed by atoms with Gasteiger partial charge in [0, 0.05) is 5.57 Å². The van der Waals surface area contributed by atoms with Crippen LogP contribution in [-0.2, 0) is 0 Å². The van der Waals surface area contributed by atoms with Crippen molar-refractivity contribution in [3.05, 3.63) is 36.0 Å². The maximum absolute atomic E-state index is 8.59. The number of allylic oxidation sites excluding steroid dienone is 5. The average Bonchev–Trinajstić information content (AvgIpc) is 2.11. The summed E-state index contributed by atoms with van der Waals surface area (Å²) in [5.74, 6) is 0. The summed E-state index contributed by atoms with van der Waals surface area (Å²) in [7, 11) is 0. The van der Waals surface area contributed by atoms with Crippen LogP contribution >= 0.6 is 0 Å². The number of nitriles is 2. The van der Waals surface area contributed by atoms with Gasteiger partial charge in [0.15, 0.2) is 0 Å². The van der Waals surface area contributed by atoms with E-state index in [9.17, 15) is 0 Å². The first-order valence-electron chi connectivity index (χ1n) is 3.52. The molecule has 0 saturated heterocycles. The average molecular weight is 158 g/mol. The maximum Gasteiger partial charge on any atom is 0.0988 e. The largest absolute Gasteiger partial charge is 0.198 e. The smallest absolute Gasteiger partial charge is 0.0988 e. The minimum atomic E-state index is 0.268. The Morgan fingerprint density at radius 1 is 1.50 bits per heavy atom. The minimum absolute atomic E-state index is 0.268. The molecule has 0 aromatic rings. The van der Waals surface area contributed by atoms with Gasteiger partial charge in [-0.2, -0.15) is 10.5 Å². The van der Waals surface area contributed by atoms with Gasteiger partial charge >= 0.3 is 0 Å². The molecule has 0 unspecified atom stereocenters. The molecule has 0 heterocycles. The fraction of sp³-hybridized carbons (Fsp3) is 0.200. The van der Waals surface area contributed by atoms with Crippen LogP contribution < -0.4 is 0 Å². The molecule has 0 amide bonds. The molecule has 0 aliphatic heterocycles. The van der Waals surface area contributed by atoms with Gasteiger partial charge in [-0.3, -0.25) is 0 Å². The summed E-state index contributed by atoms with van der Waals surface area (Å²) in [6.45, 7) is 5.41. The Bertz CT molecular complexity index is 295. The van der Waals surface area contributed by atoms with Crippen LogP contribution in [0.25, 0.3) is 0 Å². The van der Waals surface area contributed by atoms with Crippen LogP contribution in [0.1, 0.15) is 13.3 Å². The predicted molar refractivity (Wildman–Crippen MR) is 47.9 cm³/mol. The van der Waals surface area contributed by atoms with Crippen LogP contribution in [0.2, 0.25) is 0 Å². The van der Waals surface area contributed by atoms with Crippen LogP contribution in [0.5, 0.6) is 0 Å². The Kier molecular flexibility index (Phi) is 5.05. The van der Waals surface area contributed by atoms with Crippen molar-refractivity contribution in [3.8, 4) is 12.1 Å². The van der Waals surface area contributed by atoms with E-state index in [2.05, 4.69) is 6.58 Å². The first-order valence-corrected chi connectivity index (χ1v) is 3.52. The Balaban J connectivity index is 4.52. The van der Waals surface area contributed by atoms with Crippen LogP contribution in [-0.4, -0.2) is 0 Å². The van der Waals surface area contributed by atoms with Crippen molar-refractivity contribution in [2.75, 3.05) is 0 Å². The predicted octanol–water partition coefficient (Wildman–Crippen LogP) is 2.48. The Labute approximate surface area is 72.7 Å². The molecule has 0 aromatic heterocycles. The zero-order chi connectivity index (χ0) is 9.40. The highest BCUT2D eigenvalue weighted by atomic mass is 14.2. The van der Waals surface area contributed by atoms with Gasteiger partial charge in [-0.05, 0) is 13.0 Å². The molecular formula is C10H10N2. The topological polar surface area (TPSA) is 47.6 Å². The number of nitrogens with zero attached hydrogens (tertiary/aromatic N) is 2. The molecule has 0 spiro atoms. The summed E-state index contributed by atoms with van der Waals surface area (Å²) in [5.41, 5.74) is 1.43. The van der Waals surface area contributed by atoms with Crippen molar-refractivity contribution >= 4 is 0 Å². The molecule has 2 heteroatoms. The second-order valence-corrected chi connectivity index (χ2v) is 2.23. The molecular weight excluding hydrogens is 148 g/mol. The quantitative estimate of drug-likeness (QED) is 0.468. The van der Waals surface area contributed by atoms with E-state index in [0.29, 0.717) is 5.57 Å². The van der Waals surface area contributed by atoms with Crippen molar-refractivity contribution in [1.82, 2.24) is 0 Å². The van der Waals surface area contributed by atoms with Gasteiger partial charge in [0.25, 0.3) is 0 Å². The van der Waals surface area contributed by atoms with Gasteiger partial charge in [0.2, 0.25) is 0 Å². The van der Waals surface area contributed by atoms with Crippen LogP contribution in [0.4, 0.5) is 0 Å². The molecule has 0 bridgehead atoms. The summed E-state index contributed by atoms with van der Waals surface area (Å²) >= 11 is 0. The summed E-state index contributed by atoms with van der Waals surface area (Å²) in [5, 5.41) is 16.8. The molecule has 0 aliphatic carbocycles. The molecule has 12 heavy (non-hydrogen) atoms. The van der Waals surface area contributed by atoms with Gasteiger partial charge in [-0.15, -0.1) is 0 Å². The Morgan fingerprint density at radius 3 is 2.58 bits per heavy atom. The lowest BCUT2D eigenvalue weighted by Crippen LogP contribution is -1.74. The van der Waals surface area contributed by atoms with E-state index in [-0.39, 0.29) is 6.42 Å². The van der Waals surface area contributed by atoms with E-state index < -0.39 is 0 Å². The van der Waals surface area contributed by atoms with Crippen molar-refractivity contribution in [2.24, 2.45) is 0 Å². The van der Waals surface area contributed by atoms with Crippen LogP contribution in [0.15, 0.2) is 36.0 Å². The standard InChI is InChI=1S/C10H10N2/c1-3-9(2)7-10(8-12)5-4-6-11/h3,5,7H,1,4H2,2H3/b9-7-,10-5+. The number of rotatable bonds is 3. The molecule has 0 saturated carbocycles. The zero-order valence-electron chi connectivity index (χ0n) is 7.04. The third kappa shape index (κ3) is 4.09. The lowest BCUT2D eigenvalue weighted by molar-refractivity contribution is 1.33. The molecule has 0 N–H and O–H groups in total. The zero-order valence-corrected chi connectivity index (χ0v) is 7.04. The molecule has 0 aliphatic rings. The van der Waals surface area contributed by atoms with Crippen molar-refractivity contribution in [1.29, 1.82) is 10.5 Å². The van der Waals surface area contributed by atoms with Gasteiger partial charge in [-0.25, -0.2) is 0 Å². The van der Waals surface area contributed by atoms with Gasteiger partial charge in [0.05, 0.1) is 18.6 Å². The third-order valence-electron chi connectivity index (χ3n) is 1.25. The maximum atomic E-state index is 8.59. The fourth-order valence-corrected chi connectivity index (χ4v) is 0.597. The molecule has 0 radical (unpaired) electrons. The highest BCUT2D eigenvalue weighted by molar-refractivity contribution is 5.37. The van der Waals surface area contributed by atoms with E-state index in [0.717, 1.165) is 5.57 Å². The summed E-state index contributed by atoms with van der Waals surface area (Å²) < 4.78 is 0. The summed E-state index contributed by atoms with van der Waals surface area (Å²) in [6.07, 6.45) is 5.22. The second-order valence-electron chi connectivity index (χ2n) is 2.23. The molecule has 0 fully saturated rings. The molecule has 0 aromatic carbocycles. The first kappa shape index (κ1) is 10.2. The highest BCUT2D eigenvalue weighted by Gasteiger charge is 1.89. The van der Waals surface area contributed by atoms with Gasteiger partial charge in [0.1, 0.15) is 0 Å². The number of hydrogen-bond acceptors (Lipinski definition) is 2. The Hall–Kier alpha value is -1.80. The van der Waals surface area contributed by atoms with E-state index in [1.807, 2.05) is 19.1 Å². The summed E-state index contributed by atoms with van der Waals surface area (Å²) in [4.78, 5) is 0. The van der Waals surface area contributed by atoms with E-state index in [1.54, 1.807) is 18.2 Å². The van der Waals surface area contributed by atoms with Crippen molar-refractivity contribution in [2.45, 2.75) is 13.3 Å². The second kappa shape index (κ2) is 5.95. The molecule has 0 atom stereocenters. The van der Waals surface area contributed by atoms with Gasteiger partial charge < -0.3 is 0 Å². The fourth-order valence-electron chi connectivity index (χ4n) is 0.597. The van der Waals surface area contributed by atoms with Crippen molar-refractivity contribution < 1.29 is 0 Å². The van der Waals surface area contributed by atoms with Crippen LogP contribution in [0.3, 0.4) is 0 Å². The highest BCUT2D eigenvalue weighted by Crippen LogP contribution is 2.02. The SMILES string of the molecule is C=C/C(C)=C\C(C#N)=C/CC#N. The lowest BCUT2D eigenvalue weighted by Gasteiger charge is -1.89. The number of hydrogen-bond donors (Lipinski definition) is 0. The normalized spacial score (nSPS) is 11.6. The minimum Gasteiger partial charge on any atom is -0.198 e. The Morgan fingerprint density at radius 2 is 2.17 bits per heavy atom. The molecule has 2 nitrogen and oxygen atoms in total.